The van der Waals surface area contributed by atoms with E-state index in [0.717, 1.165) is 25.7 Å². The van der Waals surface area contributed by atoms with Gasteiger partial charge in [0.25, 0.3) is 0 Å². The van der Waals surface area contributed by atoms with Crippen LogP contribution in [0.3, 0.4) is 0 Å². The van der Waals surface area contributed by atoms with Gasteiger partial charge in [-0.05, 0) is 33.2 Å². The van der Waals surface area contributed by atoms with Crippen LogP contribution in [0.1, 0.15) is 33.6 Å². The minimum absolute atomic E-state index is 0.304. The van der Waals surface area contributed by atoms with Gasteiger partial charge in [-0.1, -0.05) is 6.92 Å². The summed E-state index contributed by atoms with van der Waals surface area (Å²) in [7, 11) is 0. The third-order valence-electron chi connectivity index (χ3n) is 2.98. The van der Waals surface area contributed by atoms with Gasteiger partial charge < -0.3 is 4.79 Å². The van der Waals surface area contributed by atoms with Crippen LogP contribution in [0.15, 0.2) is 0 Å². The van der Waals surface area contributed by atoms with E-state index in [2.05, 4.69) is 25.7 Å². The van der Waals surface area contributed by atoms with E-state index in [1.54, 1.807) is 0 Å². The van der Waals surface area contributed by atoms with E-state index >= 15 is 0 Å². The first-order valence-corrected chi connectivity index (χ1v) is 4.90. The Balaban J connectivity index is 2.56. The molecule has 0 amide bonds. The number of hydrogen-bond donors (Lipinski definition) is 0. The van der Waals surface area contributed by atoms with Crippen LogP contribution in [0.2, 0.25) is 0 Å². The molecule has 0 aromatic rings. The lowest BCUT2D eigenvalue weighted by Gasteiger charge is -2.40. The fraction of sp³-hybridized carbons (Fsp3) is 0.900. The molecule has 0 spiro atoms. The van der Waals surface area contributed by atoms with E-state index < -0.39 is 0 Å². The van der Waals surface area contributed by atoms with Crippen molar-refractivity contribution in [3.8, 4) is 0 Å². The van der Waals surface area contributed by atoms with Gasteiger partial charge >= 0.3 is 0 Å². The van der Waals surface area contributed by atoms with Crippen LogP contribution in [0, 0.1) is 5.92 Å². The van der Waals surface area contributed by atoms with E-state index in [-0.39, 0.29) is 0 Å². The summed E-state index contributed by atoms with van der Waals surface area (Å²) < 4.78 is 0. The summed E-state index contributed by atoms with van der Waals surface area (Å²) in [4.78, 5) is 13.1. The molecule has 0 unspecified atom stereocenters. The summed E-state index contributed by atoms with van der Waals surface area (Å²) in [5.41, 5.74) is 0. The molecule has 70 valence electrons. The molecule has 1 rings (SSSR count). The zero-order valence-corrected chi connectivity index (χ0v) is 8.29. The second-order valence-electron chi connectivity index (χ2n) is 3.90. The van der Waals surface area contributed by atoms with Gasteiger partial charge in [0.15, 0.2) is 0 Å². The molecule has 1 aliphatic rings. The quantitative estimate of drug-likeness (QED) is 0.586. The van der Waals surface area contributed by atoms with Crippen molar-refractivity contribution in [2.24, 2.45) is 5.92 Å². The van der Waals surface area contributed by atoms with Crippen LogP contribution in [0.25, 0.3) is 0 Å². The van der Waals surface area contributed by atoms with Crippen molar-refractivity contribution in [2.45, 2.75) is 45.7 Å². The van der Waals surface area contributed by atoms with Crippen molar-refractivity contribution in [3.05, 3.63) is 0 Å². The molecular formula is C10H19NO. The molecular weight excluding hydrogens is 150 g/mol. The van der Waals surface area contributed by atoms with Crippen LogP contribution in [-0.2, 0) is 4.79 Å². The predicted molar refractivity (Wildman–Crippen MR) is 50.1 cm³/mol. The molecule has 12 heavy (non-hydrogen) atoms. The molecule has 0 aromatic carbocycles. The molecule has 2 atom stereocenters. The third-order valence-corrected chi connectivity index (χ3v) is 2.98. The van der Waals surface area contributed by atoms with Gasteiger partial charge in [-0.15, -0.1) is 0 Å². The zero-order valence-electron chi connectivity index (χ0n) is 8.29. The summed E-state index contributed by atoms with van der Waals surface area (Å²) in [6, 6.07) is 1.16. The largest absolute Gasteiger partial charge is 0.303 e. The first-order chi connectivity index (χ1) is 5.69. The average molecular weight is 169 g/mol. The summed E-state index contributed by atoms with van der Waals surface area (Å²) in [5, 5.41) is 0. The highest BCUT2D eigenvalue weighted by atomic mass is 16.1. The molecule has 0 radical (unpaired) electrons. The highest BCUT2D eigenvalue weighted by molar-refractivity contribution is 5.53. The lowest BCUT2D eigenvalue weighted by molar-refractivity contribution is -0.113. The van der Waals surface area contributed by atoms with Crippen LogP contribution in [0.5, 0.6) is 0 Å². The van der Waals surface area contributed by atoms with Gasteiger partial charge in [0.2, 0.25) is 0 Å². The van der Waals surface area contributed by atoms with Gasteiger partial charge in [0.1, 0.15) is 6.29 Å². The van der Waals surface area contributed by atoms with Crippen LogP contribution in [0.4, 0.5) is 0 Å². The van der Waals surface area contributed by atoms with Crippen LogP contribution >= 0.6 is 0 Å². The molecule has 0 N–H and O–H groups in total. The van der Waals surface area contributed by atoms with E-state index in [4.69, 9.17) is 0 Å². The van der Waals surface area contributed by atoms with Crippen molar-refractivity contribution < 1.29 is 4.79 Å². The number of aldehydes is 1. The molecule has 0 aromatic heterocycles. The second-order valence-corrected chi connectivity index (χ2v) is 3.90. The predicted octanol–water partition coefficient (Wildman–Crippen LogP) is 1.69. The summed E-state index contributed by atoms with van der Waals surface area (Å²) >= 11 is 0. The van der Waals surface area contributed by atoms with E-state index in [0.29, 0.717) is 18.0 Å². The number of nitrogens with zero attached hydrogens (tertiary/aromatic N) is 1. The van der Waals surface area contributed by atoms with Crippen molar-refractivity contribution in [2.75, 3.05) is 6.54 Å². The Morgan fingerprint density at radius 3 is 2.17 bits per heavy atom. The van der Waals surface area contributed by atoms with Crippen LogP contribution < -0.4 is 0 Å². The Morgan fingerprint density at radius 2 is 1.83 bits per heavy atom. The van der Waals surface area contributed by atoms with E-state index in [1.165, 1.54) is 0 Å². The maximum Gasteiger partial charge on any atom is 0.123 e. The van der Waals surface area contributed by atoms with Crippen LogP contribution in [-0.4, -0.2) is 29.8 Å². The molecule has 0 bridgehead atoms. The minimum atomic E-state index is 0.304. The number of likely N-dealkylation sites (tertiary alicyclic amines) is 1. The zero-order chi connectivity index (χ0) is 9.14. The monoisotopic (exact) mass is 169 g/mol. The standard InChI is InChI=1S/C10H19NO/c1-4-11-8(2)5-10(7-12)6-9(11)3/h7-10H,4-6H2,1-3H3/t8-,9-/m1/s1. The van der Waals surface area contributed by atoms with Gasteiger partial charge in [0, 0.05) is 18.0 Å². The fourth-order valence-electron chi connectivity index (χ4n) is 2.41. The number of hydrogen-bond acceptors (Lipinski definition) is 2. The maximum atomic E-state index is 10.6. The normalized spacial score (nSPS) is 38.1. The average Bonchev–Trinajstić information content (AvgIpc) is 2.03. The topological polar surface area (TPSA) is 20.3 Å². The Bertz CT molecular complexity index is 146. The summed E-state index contributed by atoms with van der Waals surface area (Å²) in [6.45, 7) is 7.73. The molecule has 2 nitrogen and oxygen atoms in total. The SMILES string of the molecule is CCN1[C@H](C)CC(C=O)C[C@H]1C. The van der Waals surface area contributed by atoms with Crippen molar-refractivity contribution in [3.63, 3.8) is 0 Å². The van der Waals surface area contributed by atoms with Crippen molar-refractivity contribution in [1.82, 2.24) is 4.90 Å². The van der Waals surface area contributed by atoms with E-state index in [9.17, 15) is 4.79 Å². The first kappa shape index (κ1) is 9.72. The summed E-state index contributed by atoms with van der Waals surface area (Å²) in [6.07, 6.45) is 3.21. The van der Waals surface area contributed by atoms with Gasteiger partial charge in [-0.3, -0.25) is 4.90 Å². The van der Waals surface area contributed by atoms with Gasteiger partial charge in [-0.25, -0.2) is 0 Å². The number of carbonyl (C=O) groups is 1. The molecule has 0 saturated carbocycles. The number of rotatable bonds is 2. The number of carbonyl (C=O) groups excluding carboxylic acids is 1. The third kappa shape index (κ3) is 1.86. The van der Waals surface area contributed by atoms with E-state index in [1.807, 2.05) is 0 Å². The number of piperidine rings is 1. The molecule has 1 fully saturated rings. The maximum absolute atomic E-state index is 10.6. The van der Waals surface area contributed by atoms with Gasteiger partial charge in [-0.2, -0.15) is 0 Å². The second kappa shape index (κ2) is 4.04. The van der Waals surface area contributed by atoms with Crippen molar-refractivity contribution >= 4 is 6.29 Å². The molecule has 2 heteroatoms. The first-order valence-electron chi connectivity index (χ1n) is 4.90. The minimum Gasteiger partial charge on any atom is -0.303 e. The smallest absolute Gasteiger partial charge is 0.123 e. The lowest BCUT2D eigenvalue weighted by Crippen LogP contribution is -2.46. The van der Waals surface area contributed by atoms with Crippen molar-refractivity contribution in [1.29, 1.82) is 0 Å². The Labute approximate surface area is 74.9 Å². The molecule has 0 aliphatic carbocycles. The highest BCUT2D eigenvalue weighted by Crippen LogP contribution is 2.25. The highest BCUT2D eigenvalue weighted by Gasteiger charge is 2.28. The lowest BCUT2D eigenvalue weighted by atomic mass is 9.88. The Hall–Kier alpha value is -0.370. The molecule has 1 saturated heterocycles. The Morgan fingerprint density at radius 1 is 1.33 bits per heavy atom. The molecule has 1 aliphatic heterocycles. The summed E-state index contributed by atoms with van der Waals surface area (Å²) in [5.74, 6) is 0.304. The Kier molecular flexibility index (Phi) is 3.27. The molecule has 1 heterocycles. The fourth-order valence-corrected chi connectivity index (χ4v) is 2.41. The van der Waals surface area contributed by atoms with Gasteiger partial charge in [0.05, 0.1) is 0 Å².